The second kappa shape index (κ2) is 9.38. The number of hydrogen-bond acceptors (Lipinski definition) is 5. The third-order valence-electron chi connectivity index (χ3n) is 3.37. The van der Waals surface area contributed by atoms with Gasteiger partial charge < -0.3 is 14.2 Å². The maximum atomic E-state index is 11.5. The summed E-state index contributed by atoms with van der Waals surface area (Å²) in [4.78, 5) is 23.0. The van der Waals surface area contributed by atoms with Gasteiger partial charge in [-0.15, -0.1) is 0 Å². The first-order chi connectivity index (χ1) is 12.9. The second-order valence-electron chi connectivity index (χ2n) is 5.70. The first kappa shape index (κ1) is 20.0. The molecule has 0 aliphatic rings. The van der Waals surface area contributed by atoms with Gasteiger partial charge in [0, 0.05) is 13.8 Å². The predicted molar refractivity (Wildman–Crippen MR) is 105 cm³/mol. The van der Waals surface area contributed by atoms with Gasteiger partial charge in [0.25, 0.3) is 0 Å². The Labute approximate surface area is 158 Å². The third-order valence-corrected chi connectivity index (χ3v) is 3.37. The molecule has 0 heterocycles. The molecule has 0 amide bonds. The Kier molecular flexibility index (Phi) is 6.94. The molecule has 5 heteroatoms. The zero-order valence-corrected chi connectivity index (χ0v) is 15.8. The average molecular weight is 366 g/mol. The maximum absolute atomic E-state index is 11.5. The molecular weight excluding hydrogens is 344 g/mol. The van der Waals surface area contributed by atoms with Crippen molar-refractivity contribution < 1.29 is 23.8 Å². The fourth-order valence-corrected chi connectivity index (χ4v) is 2.40. The van der Waals surface area contributed by atoms with Gasteiger partial charge in [0.05, 0.1) is 0 Å². The van der Waals surface area contributed by atoms with Crippen LogP contribution >= 0.6 is 0 Å². The van der Waals surface area contributed by atoms with E-state index in [0.29, 0.717) is 5.75 Å². The van der Waals surface area contributed by atoms with Gasteiger partial charge in [-0.2, -0.15) is 0 Å². The zero-order valence-electron chi connectivity index (χ0n) is 15.8. The zero-order chi connectivity index (χ0) is 19.8. The monoisotopic (exact) mass is 366 g/mol. The van der Waals surface area contributed by atoms with Crippen LogP contribution in [0.2, 0.25) is 0 Å². The van der Waals surface area contributed by atoms with Crippen LogP contribution in [0.4, 0.5) is 0 Å². The minimum Gasteiger partial charge on any atom is -0.453 e. The number of carbonyl (C=O) groups excluding carboxylic acids is 2. The predicted octanol–water partition coefficient (Wildman–Crippen LogP) is 5.40. The van der Waals surface area contributed by atoms with Crippen LogP contribution in [0.15, 0.2) is 48.6 Å². The van der Waals surface area contributed by atoms with Crippen molar-refractivity contribution in [1.82, 2.24) is 0 Å². The van der Waals surface area contributed by atoms with E-state index in [-0.39, 0.29) is 17.2 Å². The minimum absolute atomic E-state index is 0.0588. The molecule has 2 aromatic carbocycles. The van der Waals surface area contributed by atoms with Gasteiger partial charge in [-0.25, -0.2) is 0 Å². The molecule has 2 aromatic rings. The van der Waals surface area contributed by atoms with Crippen LogP contribution in [0.3, 0.4) is 0 Å². The largest absolute Gasteiger partial charge is 0.453 e. The van der Waals surface area contributed by atoms with Crippen molar-refractivity contribution >= 4 is 24.1 Å². The van der Waals surface area contributed by atoms with Gasteiger partial charge in [-0.3, -0.25) is 9.59 Å². The smallest absolute Gasteiger partial charge is 0.308 e. The normalized spacial score (nSPS) is 11.0. The average Bonchev–Trinajstić information content (AvgIpc) is 2.59. The number of ether oxygens (including phenoxy) is 3. The molecule has 2 rings (SSSR count). The summed E-state index contributed by atoms with van der Waals surface area (Å²) in [6.07, 6.45) is 7.58. The molecule has 0 aliphatic carbocycles. The van der Waals surface area contributed by atoms with Crippen molar-refractivity contribution in [3.63, 3.8) is 0 Å². The van der Waals surface area contributed by atoms with Crippen LogP contribution in [0, 0.1) is 0 Å². The highest BCUT2D eigenvalue weighted by atomic mass is 16.6. The first-order valence-corrected chi connectivity index (χ1v) is 8.51. The van der Waals surface area contributed by atoms with Crippen molar-refractivity contribution in [2.24, 2.45) is 0 Å². The SMILES string of the molecule is C/C=C/c1ccc(Oc2cc(/C=C/C)cc(OC(C)=O)c2OC(C)=O)cc1. The van der Waals surface area contributed by atoms with E-state index < -0.39 is 11.9 Å². The quantitative estimate of drug-likeness (QED) is 0.506. The molecule has 0 aliphatic heterocycles. The fraction of sp³-hybridized carbons (Fsp3) is 0.182. The van der Waals surface area contributed by atoms with Crippen molar-refractivity contribution in [2.75, 3.05) is 0 Å². The third kappa shape index (κ3) is 5.85. The summed E-state index contributed by atoms with van der Waals surface area (Å²) < 4.78 is 16.4. The lowest BCUT2D eigenvalue weighted by molar-refractivity contribution is -0.134. The number of carbonyl (C=O) groups is 2. The lowest BCUT2D eigenvalue weighted by Crippen LogP contribution is -2.08. The molecule has 0 saturated heterocycles. The van der Waals surface area contributed by atoms with Crippen molar-refractivity contribution in [3.05, 3.63) is 59.7 Å². The summed E-state index contributed by atoms with van der Waals surface area (Å²) in [5, 5.41) is 0. The molecule has 0 atom stereocenters. The van der Waals surface area contributed by atoms with Crippen LogP contribution < -0.4 is 14.2 Å². The second-order valence-corrected chi connectivity index (χ2v) is 5.70. The maximum Gasteiger partial charge on any atom is 0.308 e. The fourth-order valence-electron chi connectivity index (χ4n) is 2.40. The molecule has 0 bridgehead atoms. The number of rotatable bonds is 6. The van der Waals surface area contributed by atoms with Crippen molar-refractivity contribution in [1.29, 1.82) is 0 Å². The number of allylic oxidation sites excluding steroid dienone is 2. The van der Waals surface area contributed by atoms with Crippen molar-refractivity contribution in [3.8, 4) is 23.0 Å². The summed E-state index contributed by atoms with van der Waals surface area (Å²) in [7, 11) is 0. The molecule has 0 fully saturated rings. The van der Waals surface area contributed by atoms with E-state index in [1.54, 1.807) is 24.3 Å². The van der Waals surface area contributed by atoms with Gasteiger partial charge >= 0.3 is 11.9 Å². The molecule has 0 saturated carbocycles. The highest BCUT2D eigenvalue weighted by Gasteiger charge is 2.19. The van der Waals surface area contributed by atoms with Crippen LogP contribution in [0.5, 0.6) is 23.0 Å². The van der Waals surface area contributed by atoms with Gasteiger partial charge in [0.15, 0.2) is 11.5 Å². The van der Waals surface area contributed by atoms with Crippen LogP contribution in [0.25, 0.3) is 12.2 Å². The number of hydrogen-bond donors (Lipinski definition) is 0. The minimum atomic E-state index is -0.546. The summed E-state index contributed by atoms with van der Waals surface area (Å²) in [5.74, 6) is -0.0608. The topological polar surface area (TPSA) is 61.8 Å². The molecule has 5 nitrogen and oxygen atoms in total. The Bertz CT molecular complexity index is 876. The van der Waals surface area contributed by atoms with E-state index in [9.17, 15) is 9.59 Å². The van der Waals surface area contributed by atoms with Gasteiger partial charge in [-0.05, 0) is 49.2 Å². The van der Waals surface area contributed by atoms with E-state index >= 15 is 0 Å². The Morgan fingerprint density at radius 2 is 1.33 bits per heavy atom. The Hall–Kier alpha value is -3.34. The van der Waals surface area contributed by atoms with E-state index in [0.717, 1.165) is 11.1 Å². The summed E-state index contributed by atoms with van der Waals surface area (Å²) >= 11 is 0. The van der Waals surface area contributed by atoms with E-state index in [4.69, 9.17) is 14.2 Å². The Morgan fingerprint density at radius 1 is 0.778 bits per heavy atom. The van der Waals surface area contributed by atoms with Gasteiger partial charge in [0.1, 0.15) is 5.75 Å². The highest BCUT2D eigenvalue weighted by Crippen LogP contribution is 2.41. The highest BCUT2D eigenvalue weighted by molar-refractivity contribution is 5.77. The molecule has 0 spiro atoms. The summed E-state index contributed by atoms with van der Waals surface area (Å²) in [5.41, 5.74) is 1.78. The molecule has 27 heavy (non-hydrogen) atoms. The van der Waals surface area contributed by atoms with Gasteiger partial charge in [-0.1, -0.05) is 36.4 Å². The lowest BCUT2D eigenvalue weighted by atomic mass is 10.1. The molecule has 0 N–H and O–H groups in total. The number of esters is 2. The molecule has 140 valence electrons. The van der Waals surface area contributed by atoms with E-state index in [2.05, 4.69) is 0 Å². The first-order valence-electron chi connectivity index (χ1n) is 8.51. The molecule has 0 radical (unpaired) electrons. The summed E-state index contributed by atoms with van der Waals surface area (Å²) in [6, 6.07) is 10.8. The summed E-state index contributed by atoms with van der Waals surface area (Å²) in [6.45, 7) is 6.36. The van der Waals surface area contributed by atoms with Crippen LogP contribution in [-0.4, -0.2) is 11.9 Å². The number of benzene rings is 2. The van der Waals surface area contributed by atoms with Crippen molar-refractivity contribution in [2.45, 2.75) is 27.7 Å². The Balaban J connectivity index is 2.50. The van der Waals surface area contributed by atoms with Gasteiger partial charge in [0.2, 0.25) is 5.75 Å². The lowest BCUT2D eigenvalue weighted by Gasteiger charge is -2.15. The Morgan fingerprint density at radius 3 is 1.89 bits per heavy atom. The van der Waals surface area contributed by atoms with Crippen LogP contribution in [-0.2, 0) is 9.59 Å². The standard InChI is InChI=1S/C22H22O5/c1-5-7-17-9-11-19(12-10-17)27-21-14-18(8-6-2)13-20(25-15(3)23)22(21)26-16(4)24/h5-14H,1-4H3/b7-5+,8-6+. The van der Waals surface area contributed by atoms with Crippen LogP contribution in [0.1, 0.15) is 38.8 Å². The molecule has 0 unspecified atom stereocenters. The van der Waals surface area contributed by atoms with E-state index in [1.165, 1.54) is 13.8 Å². The van der Waals surface area contributed by atoms with E-state index in [1.807, 2.05) is 50.3 Å². The molecular formula is C22H22O5. The molecule has 0 aromatic heterocycles.